The average Bonchev–Trinajstić information content (AvgIpc) is 3.07. The number of hydrogen-bond acceptors (Lipinski definition) is 3. The third kappa shape index (κ3) is 2.68. The van der Waals surface area contributed by atoms with E-state index in [1.165, 1.54) is 0 Å². The van der Waals surface area contributed by atoms with Gasteiger partial charge in [-0.3, -0.25) is 0 Å². The lowest BCUT2D eigenvalue weighted by atomic mass is 9.99. The molecule has 1 aliphatic heterocycles. The summed E-state index contributed by atoms with van der Waals surface area (Å²) in [5.74, 6) is 0.442. The maximum absolute atomic E-state index is 12.2. The van der Waals surface area contributed by atoms with Gasteiger partial charge in [0.15, 0.2) is 0 Å². The van der Waals surface area contributed by atoms with E-state index in [0.29, 0.717) is 19.1 Å². The molecule has 0 radical (unpaired) electrons. The Morgan fingerprint density at radius 3 is 2.47 bits per heavy atom. The largest absolute Gasteiger partial charge is 0.378 e. The quantitative estimate of drug-likeness (QED) is 0.895. The summed E-state index contributed by atoms with van der Waals surface area (Å²) in [5, 5.41) is -0.377. The van der Waals surface area contributed by atoms with Crippen LogP contribution in [0.5, 0.6) is 0 Å². The van der Waals surface area contributed by atoms with Crippen LogP contribution in [0.25, 0.3) is 0 Å². The summed E-state index contributed by atoms with van der Waals surface area (Å²) < 4.78 is 32.4. The molecule has 1 saturated heterocycles. The predicted octanol–water partition coefficient (Wildman–Crippen LogP) is 1.76. The Morgan fingerprint density at radius 2 is 1.95 bits per heavy atom. The Morgan fingerprint density at radius 1 is 1.26 bits per heavy atom. The first-order valence-electron chi connectivity index (χ1n) is 6.72. The molecule has 1 saturated carbocycles. The summed E-state index contributed by atoms with van der Waals surface area (Å²) in [5.41, 5.74) is 2.25. The summed E-state index contributed by atoms with van der Waals surface area (Å²) in [7, 11) is -3.27. The zero-order valence-corrected chi connectivity index (χ0v) is 11.8. The smallest absolute Gasteiger partial charge is 0.219 e. The minimum Gasteiger partial charge on any atom is -0.378 e. The topological polar surface area (TPSA) is 55.4 Å². The SMILES string of the molecule is Cc1ccccc1C(NS(=O)(=O)C1COC1)C1CC1. The summed E-state index contributed by atoms with van der Waals surface area (Å²) in [6.07, 6.45) is 2.20. The number of rotatable bonds is 5. The summed E-state index contributed by atoms with van der Waals surface area (Å²) in [4.78, 5) is 0. The summed E-state index contributed by atoms with van der Waals surface area (Å²) in [6.45, 7) is 2.67. The number of nitrogens with one attached hydrogen (secondary N) is 1. The van der Waals surface area contributed by atoms with E-state index in [1.54, 1.807) is 0 Å². The molecule has 0 aromatic heterocycles. The van der Waals surface area contributed by atoms with E-state index in [-0.39, 0.29) is 11.3 Å². The molecule has 1 aromatic carbocycles. The highest BCUT2D eigenvalue weighted by atomic mass is 32.2. The average molecular weight is 281 g/mol. The molecule has 19 heavy (non-hydrogen) atoms. The van der Waals surface area contributed by atoms with Gasteiger partial charge in [-0.1, -0.05) is 24.3 Å². The maximum Gasteiger partial charge on any atom is 0.219 e. The molecule has 2 fully saturated rings. The highest BCUT2D eigenvalue weighted by Gasteiger charge is 2.40. The molecule has 1 aromatic rings. The molecule has 104 valence electrons. The number of aryl methyl sites for hydroxylation is 1. The zero-order valence-electron chi connectivity index (χ0n) is 11.0. The Bertz CT molecular complexity index is 562. The lowest BCUT2D eigenvalue weighted by Gasteiger charge is -2.29. The van der Waals surface area contributed by atoms with Crippen molar-refractivity contribution in [2.24, 2.45) is 5.92 Å². The molecule has 0 bridgehead atoms. The van der Waals surface area contributed by atoms with Gasteiger partial charge in [-0.25, -0.2) is 13.1 Å². The van der Waals surface area contributed by atoms with Crippen LogP contribution in [0.2, 0.25) is 0 Å². The normalized spacial score (nSPS) is 21.9. The highest BCUT2D eigenvalue weighted by Crippen LogP contribution is 2.42. The molecule has 4 nitrogen and oxygen atoms in total. The number of benzene rings is 1. The second kappa shape index (κ2) is 4.89. The third-order valence-electron chi connectivity index (χ3n) is 3.95. The molecular weight excluding hydrogens is 262 g/mol. The zero-order chi connectivity index (χ0) is 13.5. The molecule has 1 unspecified atom stereocenters. The van der Waals surface area contributed by atoms with Gasteiger partial charge < -0.3 is 4.74 Å². The van der Waals surface area contributed by atoms with Crippen molar-refractivity contribution >= 4 is 10.0 Å². The van der Waals surface area contributed by atoms with E-state index in [9.17, 15) is 8.42 Å². The van der Waals surface area contributed by atoms with Crippen molar-refractivity contribution < 1.29 is 13.2 Å². The van der Waals surface area contributed by atoms with Gasteiger partial charge in [-0.2, -0.15) is 0 Å². The van der Waals surface area contributed by atoms with Crippen LogP contribution in [0.15, 0.2) is 24.3 Å². The lowest BCUT2D eigenvalue weighted by molar-refractivity contribution is 0.0409. The first kappa shape index (κ1) is 13.1. The second-order valence-corrected chi connectivity index (χ2v) is 7.49. The molecule has 1 heterocycles. The van der Waals surface area contributed by atoms with Crippen molar-refractivity contribution in [3.8, 4) is 0 Å². The van der Waals surface area contributed by atoms with E-state index >= 15 is 0 Å². The monoisotopic (exact) mass is 281 g/mol. The van der Waals surface area contributed by atoms with Gasteiger partial charge in [0.2, 0.25) is 10.0 Å². The van der Waals surface area contributed by atoms with Crippen molar-refractivity contribution in [2.75, 3.05) is 13.2 Å². The van der Waals surface area contributed by atoms with Crippen LogP contribution in [0.4, 0.5) is 0 Å². The minimum atomic E-state index is -3.27. The molecule has 1 aliphatic carbocycles. The van der Waals surface area contributed by atoms with Crippen LogP contribution in [0.1, 0.15) is 30.0 Å². The molecule has 3 rings (SSSR count). The maximum atomic E-state index is 12.2. The Balaban J connectivity index is 1.84. The second-order valence-electron chi connectivity index (χ2n) is 5.49. The minimum absolute atomic E-state index is 0.0770. The third-order valence-corrected chi connectivity index (χ3v) is 5.69. The number of ether oxygens (including phenoxy) is 1. The van der Waals surface area contributed by atoms with Crippen LogP contribution < -0.4 is 4.72 Å². The molecule has 1 N–H and O–H groups in total. The van der Waals surface area contributed by atoms with Crippen molar-refractivity contribution in [1.29, 1.82) is 0 Å². The van der Waals surface area contributed by atoms with Gasteiger partial charge in [-0.05, 0) is 36.8 Å². The van der Waals surface area contributed by atoms with Gasteiger partial charge in [0, 0.05) is 6.04 Å². The summed E-state index contributed by atoms with van der Waals surface area (Å²) >= 11 is 0. The van der Waals surface area contributed by atoms with E-state index in [1.807, 2.05) is 31.2 Å². The number of hydrogen-bond donors (Lipinski definition) is 1. The Hall–Kier alpha value is -0.910. The van der Waals surface area contributed by atoms with Gasteiger partial charge in [0.05, 0.1) is 13.2 Å². The van der Waals surface area contributed by atoms with Crippen LogP contribution in [-0.4, -0.2) is 26.9 Å². The highest BCUT2D eigenvalue weighted by molar-refractivity contribution is 7.90. The van der Waals surface area contributed by atoms with Crippen molar-refractivity contribution in [2.45, 2.75) is 31.1 Å². The van der Waals surface area contributed by atoms with E-state index < -0.39 is 10.0 Å². The van der Waals surface area contributed by atoms with E-state index in [4.69, 9.17) is 4.74 Å². The molecule has 0 amide bonds. The van der Waals surface area contributed by atoms with Crippen molar-refractivity contribution in [1.82, 2.24) is 4.72 Å². The van der Waals surface area contributed by atoms with Crippen LogP contribution in [0.3, 0.4) is 0 Å². The molecule has 5 heteroatoms. The number of sulfonamides is 1. The van der Waals surface area contributed by atoms with Crippen LogP contribution >= 0.6 is 0 Å². The van der Waals surface area contributed by atoms with Crippen molar-refractivity contribution in [3.63, 3.8) is 0 Å². The fraction of sp³-hybridized carbons (Fsp3) is 0.571. The van der Waals surface area contributed by atoms with Gasteiger partial charge in [0.1, 0.15) is 5.25 Å². The molecule has 1 atom stereocenters. The van der Waals surface area contributed by atoms with Gasteiger partial charge in [0.25, 0.3) is 0 Å². The van der Waals surface area contributed by atoms with Gasteiger partial charge in [-0.15, -0.1) is 0 Å². The summed E-state index contributed by atoms with van der Waals surface area (Å²) in [6, 6.07) is 7.94. The lowest BCUT2D eigenvalue weighted by Crippen LogP contribution is -2.48. The fourth-order valence-corrected chi connectivity index (χ4v) is 3.86. The van der Waals surface area contributed by atoms with Crippen molar-refractivity contribution in [3.05, 3.63) is 35.4 Å². The molecule has 2 aliphatic rings. The fourth-order valence-electron chi connectivity index (χ4n) is 2.45. The van der Waals surface area contributed by atoms with Crippen LogP contribution in [-0.2, 0) is 14.8 Å². The Kier molecular flexibility index (Phi) is 3.37. The van der Waals surface area contributed by atoms with Crippen LogP contribution in [0, 0.1) is 12.8 Å². The Labute approximate surface area is 114 Å². The predicted molar refractivity (Wildman–Crippen MR) is 73.3 cm³/mol. The first-order valence-corrected chi connectivity index (χ1v) is 8.27. The molecule has 0 spiro atoms. The van der Waals surface area contributed by atoms with E-state index in [0.717, 1.165) is 24.0 Å². The van der Waals surface area contributed by atoms with E-state index in [2.05, 4.69) is 4.72 Å². The standard InChI is InChI=1S/C14H19NO3S/c1-10-4-2-3-5-13(10)14(11-6-7-11)15-19(16,17)12-8-18-9-12/h2-5,11-12,14-15H,6-9H2,1H3. The molecular formula is C14H19NO3S. The van der Waals surface area contributed by atoms with Gasteiger partial charge >= 0.3 is 0 Å². The first-order chi connectivity index (χ1) is 9.08.